The molecule has 5 nitrogen and oxygen atoms in total. The highest BCUT2D eigenvalue weighted by atomic mass is 32.1. The first-order valence-corrected chi connectivity index (χ1v) is 5.31. The lowest BCUT2D eigenvalue weighted by Gasteiger charge is -2.18. The summed E-state index contributed by atoms with van der Waals surface area (Å²) in [5.74, 6) is 0. The van der Waals surface area contributed by atoms with Crippen molar-refractivity contribution in [1.29, 1.82) is 0 Å². The van der Waals surface area contributed by atoms with Crippen LogP contribution in [0.1, 0.15) is 5.01 Å². The second kappa shape index (κ2) is 4.00. The average molecular weight is 226 g/mol. The fourth-order valence-electron chi connectivity index (χ4n) is 1.56. The summed E-state index contributed by atoms with van der Waals surface area (Å²) in [7, 11) is 0. The minimum absolute atomic E-state index is 0.193. The van der Waals surface area contributed by atoms with E-state index in [2.05, 4.69) is 4.98 Å². The minimum atomic E-state index is -1.02. The maximum Gasteiger partial charge on any atom is 0.408 e. The summed E-state index contributed by atoms with van der Waals surface area (Å²) in [5, 5.41) is 20.6. The first-order chi connectivity index (χ1) is 7.22. The van der Waals surface area contributed by atoms with Gasteiger partial charge in [0.05, 0.1) is 19.2 Å². The van der Waals surface area contributed by atoms with Gasteiger partial charge in [-0.2, -0.15) is 0 Å². The maximum absolute atomic E-state index is 10.9. The van der Waals surface area contributed by atoms with E-state index in [1.165, 1.54) is 16.2 Å². The van der Waals surface area contributed by atoms with Crippen molar-refractivity contribution in [2.75, 3.05) is 13.2 Å². The van der Waals surface area contributed by atoms with Crippen LogP contribution in [0, 0.1) is 0 Å². The zero-order chi connectivity index (χ0) is 10.8. The summed E-state index contributed by atoms with van der Waals surface area (Å²) in [5.41, 5.74) is 0.867. The Bertz CT molecular complexity index is 388. The van der Waals surface area contributed by atoms with Gasteiger partial charge in [0.2, 0.25) is 0 Å². The number of hydrogen-bond acceptors (Lipinski definition) is 4. The van der Waals surface area contributed by atoms with Crippen LogP contribution in [0.15, 0.2) is 17.7 Å². The molecule has 2 rings (SSSR count). The lowest BCUT2D eigenvalue weighted by molar-refractivity contribution is 0.125. The third-order valence-electron chi connectivity index (χ3n) is 2.27. The van der Waals surface area contributed by atoms with Gasteiger partial charge in [0.15, 0.2) is 0 Å². The molecule has 0 aliphatic carbocycles. The highest BCUT2D eigenvalue weighted by molar-refractivity contribution is 7.10. The molecule has 1 aliphatic rings. The fourth-order valence-corrected chi connectivity index (χ4v) is 2.21. The molecule has 1 aromatic heterocycles. The third-order valence-corrected chi connectivity index (χ3v) is 3.12. The molecule has 1 atom stereocenters. The maximum atomic E-state index is 10.9. The van der Waals surface area contributed by atoms with Crippen molar-refractivity contribution in [3.8, 4) is 0 Å². The van der Waals surface area contributed by atoms with E-state index in [9.17, 15) is 4.79 Å². The molecule has 0 bridgehead atoms. The van der Waals surface area contributed by atoms with Crippen molar-refractivity contribution in [2.45, 2.75) is 6.04 Å². The van der Waals surface area contributed by atoms with Crippen molar-refractivity contribution >= 4 is 23.0 Å². The van der Waals surface area contributed by atoms with Gasteiger partial charge in [-0.15, -0.1) is 11.3 Å². The number of thiazole rings is 1. The van der Waals surface area contributed by atoms with Gasteiger partial charge in [-0.25, -0.2) is 9.78 Å². The van der Waals surface area contributed by atoms with Crippen LogP contribution in [0.2, 0.25) is 0 Å². The van der Waals surface area contributed by atoms with Crippen LogP contribution in [-0.2, 0) is 0 Å². The summed E-state index contributed by atoms with van der Waals surface area (Å²) in [4.78, 5) is 16.2. The Morgan fingerprint density at radius 2 is 2.53 bits per heavy atom. The van der Waals surface area contributed by atoms with Gasteiger partial charge in [-0.3, -0.25) is 4.90 Å². The summed E-state index contributed by atoms with van der Waals surface area (Å²) >= 11 is 1.47. The Morgan fingerprint density at radius 3 is 3.00 bits per heavy atom. The predicted octanol–water partition coefficient (Wildman–Crippen LogP) is 0.881. The zero-order valence-electron chi connectivity index (χ0n) is 7.83. The molecule has 0 fully saturated rings. The van der Waals surface area contributed by atoms with E-state index in [0.29, 0.717) is 6.54 Å². The number of aromatic nitrogens is 1. The van der Waals surface area contributed by atoms with Crippen LogP contribution >= 0.6 is 11.3 Å². The SMILES string of the molecule is O=C(O)N1CC(c2nccs2)=C[C@H]1CO. The van der Waals surface area contributed by atoms with Gasteiger partial charge < -0.3 is 10.2 Å². The van der Waals surface area contributed by atoms with E-state index in [0.717, 1.165) is 10.6 Å². The summed E-state index contributed by atoms with van der Waals surface area (Å²) in [6.07, 6.45) is 2.42. The third kappa shape index (κ3) is 1.86. The Labute approximate surface area is 90.3 Å². The Balaban J connectivity index is 2.21. The molecule has 0 saturated heterocycles. The van der Waals surface area contributed by atoms with Crippen molar-refractivity contribution in [1.82, 2.24) is 9.88 Å². The molecular weight excluding hydrogens is 216 g/mol. The number of hydrogen-bond donors (Lipinski definition) is 2. The molecule has 6 heteroatoms. The Kier molecular flexibility index (Phi) is 2.70. The van der Waals surface area contributed by atoms with E-state index in [1.54, 1.807) is 12.3 Å². The molecule has 0 spiro atoms. The Hall–Kier alpha value is -1.40. The molecule has 0 radical (unpaired) electrons. The quantitative estimate of drug-likeness (QED) is 0.785. The standard InChI is InChI=1S/C9H10N2O3S/c12-5-7-3-6(4-11(7)9(13)14)8-10-1-2-15-8/h1-3,7,12H,4-5H2,(H,13,14)/t7-/m0/s1. The van der Waals surface area contributed by atoms with Crippen molar-refractivity contribution in [2.24, 2.45) is 0 Å². The second-order valence-electron chi connectivity index (χ2n) is 3.19. The largest absolute Gasteiger partial charge is 0.465 e. The van der Waals surface area contributed by atoms with Crippen LogP contribution < -0.4 is 0 Å². The number of carbonyl (C=O) groups is 1. The fraction of sp³-hybridized carbons (Fsp3) is 0.333. The lowest BCUT2D eigenvalue weighted by Crippen LogP contribution is -2.37. The minimum Gasteiger partial charge on any atom is -0.465 e. The number of aliphatic hydroxyl groups excluding tert-OH is 1. The van der Waals surface area contributed by atoms with Gasteiger partial charge in [0.25, 0.3) is 0 Å². The molecule has 0 unspecified atom stereocenters. The molecule has 1 aliphatic heterocycles. The average Bonchev–Trinajstić information content (AvgIpc) is 2.86. The van der Waals surface area contributed by atoms with Crippen molar-refractivity contribution in [3.63, 3.8) is 0 Å². The topological polar surface area (TPSA) is 73.7 Å². The number of aliphatic hydroxyl groups is 1. The van der Waals surface area contributed by atoms with Crippen LogP contribution in [0.4, 0.5) is 4.79 Å². The van der Waals surface area contributed by atoms with Crippen LogP contribution in [-0.4, -0.2) is 45.4 Å². The summed E-state index contributed by atoms with van der Waals surface area (Å²) in [6.45, 7) is 0.106. The van der Waals surface area contributed by atoms with Gasteiger partial charge in [-0.05, 0) is 0 Å². The van der Waals surface area contributed by atoms with Gasteiger partial charge in [0, 0.05) is 17.2 Å². The molecule has 0 saturated carbocycles. The molecule has 1 amide bonds. The van der Waals surface area contributed by atoms with E-state index in [1.807, 2.05) is 5.38 Å². The number of amides is 1. The van der Waals surface area contributed by atoms with E-state index in [4.69, 9.17) is 10.2 Å². The number of nitrogens with zero attached hydrogens (tertiary/aromatic N) is 2. The second-order valence-corrected chi connectivity index (χ2v) is 4.08. The molecule has 0 aromatic carbocycles. The first kappa shape index (κ1) is 10.1. The predicted molar refractivity (Wildman–Crippen MR) is 55.7 cm³/mol. The lowest BCUT2D eigenvalue weighted by atomic mass is 10.2. The summed E-state index contributed by atoms with van der Waals surface area (Å²) < 4.78 is 0. The molecular formula is C9H10N2O3S. The normalized spacial score (nSPS) is 20.5. The molecule has 1 aromatic rings. The van der Waals surface area contributed by atoms with Gasteiger partial charge >= 0.3 is 6.09 Å². The molecule has 15 heavy (non-hydrogen) atoms. The van der Waals surface area contributed by atoms with Gasteiger partial charge in [-0.1, -0.05) is 6.08 Å². The molecule has 2 N–H and O–H groups in total. The molecule has 2 heterocycles. The smallest absolute Gasteiger partial charge is 0.408 e. The highest BCUT2D eigenvalue weighted by Gasteiger charge is 2.29. The van der Waals surface area contributed by atoms with E-state index < -0.39 is 12.1 Å². The molecule has 80 valence electrons. The van der Waals surface area contributed by atoms with Crippen molar-refractivity contribution < 1.29 is 15.0 Å². The highest BCUT2D eigenvalue weighted by Crippen LogP contribution is 2.26. The first-order valence-electron chi connectivity index (χ1n) is 4.43. The summed E-state index contributed by atoms with van der Waals surface area (Å²) in [6, 6.07) is -0.443. The zero-order valence-corrected chi connectivity index (χ0v) is 8.65. The van der Waals surface area contributed by atoms with Crippen molar-refractivity contribution in [3.05, 3.63) is 22.7 Å². The van der Waals surface area contributed by atoms with Crippen LogP contribution in [0.25, 0.3) is 5.57 Å². The Morgan fingerprint density at radius 1 is 1.73 bits per heavy atom. The number of rotatable bonds is 2. The van der Waals surface area contributed by atoms with E-state index >= 15 is 0 Å². The number of carboxylic acid groups (broad SMARTS) is 1. The van der Waals surface area contributed by atoms with E-state index in [-0.39, 0.29) is 6.61 Å². The van der Waals surface area contributed by atoms with Crippen LogP contribution in [0.5, 0.6) is 0 Å². The van der Waals surface area contributed by atoms with Gasteiger partial charge in [0.1, 0.15) is 5.01 Å². The van der Waals surface area contributed by atoms with Crippen LogP contribution in [0.3, 0.4) is 0 Å². The monoisotopic (exact) mass is 226 g/mol.